The number of likely N-dealkylation sites (N-methyl/N-ethyl adjacent to an activating group) is 2. The van der Waals surface area contributed by atoms with Gasteiger partial charge in [-0.2, -0.15) is 0 Å². The first kappa shape index (κ1) is 19.3. The normalized spacial score (nSPS) is 15.7. The number of hydrogen-bond donors (Lipinski definition) is 0. The molecule has 1 aromatic rings. The molecule has 1 amide bonds. The van der Waals surface area contributed by atoms with E-state index in [1.807, 2.05) is 26.0 Å². The summed E-state index contributed by atoms with van der Waals surface area (Å²) in [6.45, 7) is 4.93. The molecule has 1 aliphatic heterocycles. The molecule has 0 radical (unpaired) electrons. The number of amides is 1. The van der Waals surface area contributed by atoms with E-state index in [0.717, 1.165) is 5.56 Å². The Morgan fingerprint density at radius 1 is 1.36 bits per heavy atom. The molecule has 1 heterocycles. The molecule has 25 heavy (non-hydrogen) atoms. The molecule has 0 atom stereocenters. The van der Waals surface area contributed by atoms with Crippen LogP contribution in [0.3, 0.4) is 0 Å². The van der Waals surface area contributed by atoms with Gasteiger partial charge in [-0.3, -0.25) is 9.69 Å². The van der Waals surface area contributed by atoms with Gasteiger partial charge in [0.05, 0.1) is 11.1 Å². The fourth-order valence-corrected chi connectivity index (χ4v) is 3.32. The van der Waals surface area contributed by atoms with Gasteiger partial charge in [0, 0.05) is 13.6 Å². The molecule has 1 saturated heterocycles. The molecule has 1 fully saturated rings. The van der Waals surface area contributed by atoms with Crippen molar-refractivity contribution < 1.29 is 14.3 Å². The van der Waals surface area contributed by atoms with E-state index in [-0.39, 0.29) is 12.5 Å². The number of carbonyl (C=O) groups excluding carboxylic acids is 1. The van der Waals surface area contributed by atoms with Crippen molar-refractivity contribution in [1.82, 2.24) is 9.80 Å². The van der Waals surface area contributed by atoms with Crippen molar-refractivity contribution in [3.8, 4) is 23.8 Å². The van der Waals surface area contributed by atoms with Gasteiger partial charge < -0.3 is 14.4 Å². The van der Waals surface area contributed by atoms with Gasteiger partial charge in [0.2, 0.25) is 0 Å². The van der Waals surface area contributed by atoms with Crippen LogP contribution >= 0.6 is 28.1 Å². The van der Waals surface area contributed by atoms with Crippen molar-refractivity contribution in [2.24, 2.45) is 0 Å². The van der Waals surface area contributed by atoms with Gasteiger partial charge >= 0.3 is 0 Å². The van der Waals surface area contributed by atoms with Crippen LogP contribution in [0.2, 0.25) is 0 Å². The Morgan fingerprint density at radius 2 is 2.08 bits per heavy atom. The van der Waals surface area contributed by atoms with Crippen LogP contribution in [-0.4, -0.2) is 47.6 Å². The van der Waals surface area contributed by atoms with Gasteiger partial charge in [-0.05, 0) is 65.8 Å². The summed E-state index contributed by atoms with van der Waals surface area (Å²) in [5, 5.41) is 0.497. The third-order valence-corrected chi connectivity index (χ3v) is 4.68. The van der Waals surface area contributed by atoms with Crippen molar-refractivity contribution in [1.29, 1.82) is 0 Å². The maximum atomic E-state index is 12.5. The summed E-state index contributed by atoms with van der Waals surface area (Å²) >= 11 is 8.79. The zero-order valence-corrected chi connectivity index (χ0v) is 16.7. The van der Waals surface area contributed by atoms with Crippen LogP contribution in [0.1, 0.15) is 19.4 Å². The van der Waals surface area contributed by atoms with Crippen LogP contribution in [0.25, 0.3) is 6.08 Å². The Kier molecular flexibility index (Phi) is 6.45. The zero-order valence-electron chi connectivity index (χ0n) is 14.3. The highest BCUT2D eigenvalue weighted by atomic mass is 79.9. The fourth-order valence-electron chi connectivity index (χ4n) is 2.44. The lowest BCUT2D eigenvalue weighted by Gasteiger charge is -2.14. The quantitative estimate of drug-likeness (QED) is 0.399. The van der Waals surface area contributed by atoms with Crippen molar-refractivity contribution in [2.75, 3.05) is 26.8 Å². The van der Waals surface area contributed by atoms with Crippen LogP contribution in [-0.2, 0) is 4.79 Å². The number of rotatable bonds is 6. The van der Waals surface area contributed by atoms with Gasteiger partial charge in [0.15, 0.2) is 16.6 Å². The largest absolute Gasteiger partial charge is 0.490 e. The standard InChI is InChI=1S/C18H19BrN2O3S/c1-5-8-24-16-13(19)9-12(11-15(16)23-7-3)10-14-17(22)21(6-2)18(25)20(14)4/h1,9-11H,6-8H2,2-4H3/b14-10-. The minimum Gasteiger partial charge on any atom is -0.490 e. The number of terminal acetylenes is 1. The molecule has 5 nitrogen and oxygen atoms in total. The van der Waals surface area contributed by atoms with E-state index < -0.39 is 0 Å². The zero-order chi connectivity index (χ0) is 18.6. The molecule has 0 spiro atoms. The van der Waals surface area contributed by atoms with E-state index in [1.165, 1.54) is 0 Å². The predicted molar refractivity (Wildman–Crippen MR) is 105 cm³/mol. The van der Waals surface area contributed by atoms with Crippen LogP contribution in [0.15, 0.2) is 22.3 Å². The molecule has 0 aromatic heterocycles. The van der Waals surface area contributed by atoms with Crippen LogP contribution < -0.4 is 9.47 Å². The average molecular weight is 423 g/mol. The third-order valence-electron chi connectivity index (χ3n) is 3.59. The third kappa shape index (κ3) is 3.97. The highest BCUT2D eigenvalue weighted by Gasteiger charge is 2.34. The highest BCUT2D eigenvalue weighted by molar-refractivity contribution is 9.10. The first-order valence-corrected chi connectivity index (χ1v) is 8.98. The highest BCUT2D eigenvalue weighted by Crippen LogP contribution is 2.38. The smallest absolute Gasteiger partial charge is 0.276 e. The molecule has 0 bridgehead atoms. The first-order chi connectivity index (χ1) is 11.9. The van der Waals surface area contributed by atoms with E-state index >= 15 is 0 Å². The van der Waals surface area contributed by atoms with Gasteiger partial charge in [0.1, 0.15) is 12.3 Å². The van der Waals surface area contributed by atoms with Gasteiger partial charge in [-0.1, -0.05) is 5.92 Å². The summed E-state index contributed by atoms with van der Waals surface area (Å²) in [6.07, 6.45) is 7.04. The number of hydrogen-bond acceptors (Lipinski definition) is 4. The SMILES string of the molecule is C#CCOc1c(Br)cc(/C=C2/C(=O)N(CC)C(=S)N2C)cc1OCC. The summed E-state index contributed by atoms with van der Waals surface area (Å²) in [5.41, 5.74) is 1.30. The Hall–Kier alpha value is -2.04. The molecular weight excluding hydrogens is 404 g/mol. The summed E-state index contributed by atoms with van der Waals surface area (Å²) in [5.74, 6) is 3.42. The van der Waals surface area contributed by atoms with Crippen LogP contribution in [0.5, 0.6) is 11.5 Å². The first-order valence-electron chi connectivity index (χ1n) is 7.78. The van der Waals surface area contributed by atoms with Crippen molar-refractivity contribution in [2.45, 2.75) is 13.8 Å². The maximum absolute atomic E-state index is 12.5. The number of ether oxygens (including phenoxy) is 2. The van der Waals surface area contributed by atoms with Gasteiger partial charge in [-0.25, -0.2) is 0 Å². The van der Waals surface area contributed by atoms with E-state index in [4.69, 9.17) is 28.1 Å². The molecular formula is C18H19BrN2O3S. The average Bonchev–Trinajstić information content (AvgIpc) is 2.78. The summed E-state index contributed by atoms with van der Waals surface area (Å²) in [7, 11) is 1.78. The second-order valence-corrected chi connectivity index (χ2v) is 6.40. The molecule has 0 saturated carbocycles. The van der Waals surface area contributed by atoms with Crippen LogP contribution in [0.4, 0.5) is 0 Å². The fraction of sp³-hybridized carbons (Fsp3) is 0.333. The van der Waals surface area contributed by atoms with E-state index in [1.54, 1.807) is 22.9 Å². The minimum atomic E-state index is -0.114. The van der Waals surface area contributed by atoms with Crippen molar-refractivity contribution in [3.05, 3.63) is 27.9 Å². The minimum absolute atomic E-state index is 0.114. The maximum Gasteiger partial charge on any atom is 0.276 e. The number of thiocarbonyl (C=S) groups is 1. The van der Waals surface area contributed by atoms with E-state index in [0.29, 0.717) is 39.9 Å². The Labute approximate surface area is 161 Å². The molecule has 1 aliphatic rings. The van der Waals surface area contributed by atoms with Crippen molar-refractivity contribution in [3.63, 3.8) is 0 Å². The van der Waals surface area contributed by atoms with E-state index in [2.05, 4.69) is 21.9 Å². The van der Waals surface area contributed by atoms with Gasteiger partial charge in [-0.15, -0.1) is 6.42 Å². The topological polar surface area (TPSA) is 42.0 Å². The Bertz CT molecular complexity index is 770. The predicted octanol–water partition coefficient (Wildman–Crippen LogP) is 3.28. The van der Waals surface area contributed by atoms with Crippen LogP contribution in [0, 0.1) is 12.3 Å². The summed E-state index contributed by atoms with van der Waals surface area (Å²) < 4.78 is 11.9. The number of nitrogens with zero attached hydrogens (tertiary/aromatic N) is 2. The lowest BCUT2D eigenvalue weighted by atomic mass is 10.1. The molecule has 1 aromatic carbocycles. The number of halogens is 1. The molecule has 7 heteroatoms. The number of carbonyl (C=O) groups is 1. The Balaban J connectivity index is 2.45. The lowest BCUT2D eigenvalue weighted by molar-refractivity contribution is -0.122. The molecule has 0 unspecified atom stereocenters. The molecule has 0 aliphatic carbocycles. The van der Waals surface area contributed by atoms with E-state index in [9.17, 15) is 4.79 Å². The molecule has 0 N–H and O–H groups in total. The monoisotopic (exact) mass is 422 g/mol. The van der Waals surface area contributed by atoms with Crippen molar-refractivity contribution >= 4 is 45.2 Å². The summed E-state index contributed by atoms with van der Waals surface area (Å²) in [4.78, 5) is 15.8. The molecule has 2 rings (SSSR count). The lowest BCUT2D eigenvalue weighted by Crippen LogP contribution is -2.30. The molecule has 132 valence electrons. The Morgan fingerprint density at radius 3 is 2.64 bits per heavy atom. The second kappa shape index (κ2) is 8.37. The second-order valence-electron chi connectivity index (χ2n) is 5.18. The summed E-state index contributed by atoms with van der Waals surface area (Å²) in [6, 6.07) is 3.66. The number of benzene rings is 1. The van der Waals surface area contributed by atoms with Gasteiger partial charge in [0.25, 0.3) is 5.91 Å².